The monoisotopic (exact) mass is 330 g/mol. The molecule has 2 atom stereocenters. The van der Waals surface area contributed by atoms with Crippen molar-refractivity contribution >= 4 is 23.4 Å². The van der Waals surface area contributed by atoms with Crippen LogP contribution in [0.15, 0.2) is 30.4 Å². The first-order chi connectivity index (χ1) is 11.5. The van der Waals surface area contributed by atoms with Crippen LogP contribution in [0, 0.1) is 24.6 Å². The zero-order chi connectivity index (χ0) is 17.3. The van der Waals surface area contributed by atoms with Gasteiger partial charge in [0.05, 0.1) is 11.8 Å². The Morgan fingerprint density at radius 1 is 1.21 bits per heavy atom. The van der Waals surface area contributed by atoms with E-state index in [1.807, 2.05) is 12.2 Å². The molecule has 0 spiro atoms. The molecule has 5 nitrogen and oxygen atoms in total. The van der Waals surface area contributed by atoms with E-state index in [4.69, 9.17) is 0 Å². The lowest BCUT2D eigenvalue weighted by molar-refractivity contribution is -0.140. The van der Waals surface area contributed by atoms with E-state index in [9.17, 15) is 18.8 Å². The second kappa shape index (κ2) is 6.55. The van der Waals surface area contributed by atoms with Crippen molar-refractivity contribution in [3.05, 3.63) is 41.7 Å². The van der Waals surface area contributed by atoms with E-state index >= 15 is 0 Å². The van der Waals surface area contributed by atoms with Crippen molar-refractivity contribution in [3.8, 4) is 0 Å². The molecule has 126 valence electrons. The molecule has 1 fully saturated rings. The van der Waals surface area contributed by atoms with Crippen LogP contribution in [0.5, 0.6) is 0 Å². The fourth-order valence-corrected chi connectivity index (χ4v) is 3.24. The summed E-state index contributed by atoms with van der Waals surface area (Å²) in [4.78, 5) is 37.9. The number of fused-ring (bicyclic) bond motifs is 1. The quantitative estimate of drug-likeness (QED) is 0.681. The fourth-order valence-electron chi connectivity index (χ4n) is 3.24. The maximum absolute atomic E-state index is 13.2. The molecule has 0 radical (unpaired) electrons. The van der Waals surface area contributed by atoms with Crippen LogP contribution < -0.4 is 5.32 Å². The Hall–Kier alpha value is -2.50. The molecule has 1 saturated heterocycles. The van der Waals surface area contributed by atoms with Gasteiger partial charge in [-0.1, -0.05) is 18.2 Å². The number of aryl methyl sites for hydroxylation is 1. The molecule has 3 rings (SSSR count). The molecule has 1 heterocycles. The van der Waals surface area contributed by atoms with E-state index in [2.05, 4.69) is 5.32 Å². The van der Waals surface area contributed by atoms with Crippen LogP contribution >= 0.6 is 0 Å². The third-order valence-corrected chi connectivity index (χ3v) is 4.64. The first-order valence-corrected chi connectivity index (χ1v) is 8.03. The lowest BCUT2D eigenvalue weighted by atomic mass is 9.85. The zero-order valence-corrected chi connectivity index (χ0v) is 13.4. The van der Waals surface area contributed by atoms with Crippen molar-refractivity contribution in [3.63, 3.8) is 0 Å². The molecule has 0 saturated carbocycles. The molecule has 0 unspecified atom stereocenters. The Morgan fingerprint density at radius 3 is 2.46 bits per heavy atom. The Labute approximate surface area is 139 Å². The fraction of sp³-hybridized carbons (Fsp3) is 0.389. The minimum Gasteiger partial charge on any atom is -0.326 e. The Kier molecular flexibility index (Phi) is 4.46. The van der Waals surface area contributed by atoms with Crippen LogP contribution in [0.2, 0.25) is 0 Å². The minimum absolute atomic E-state index is 0.000300. The molecule has 0 aromatic heterocycles. The normalized spacial score (nSPS) is 22.7. The molecule has 1 aliphatic carbocycles. The zero-order valence-electron chi connectivity index (χ0n) is 13.4. The SMILES string of the molecule is Cc1ccc(F)cc1NC(=O)CCN1C(=O)[C@H]2CC=CC[C@@H]2C1=O. The van der Waals surface area contributed by atoms with Gasteiger partial charge in [-0.05, 0) is 37.5 Å². The number of anilines is 1. The summed E-state index contributed by atoms with van der Waals surface area (Å²) in [5.41, 5.74) is 1.15. The maximum Gasteiger partial charge on any atom is 0.233 e. The van der Waals surface area contributed by atoms with Gasteiger partial charge in [0, 0.05) is 18.7 Å². The van der Waals surface area contributed by atoms with E-state index < -0.39 is 5.82 Å². The van der Waals surface area contributed by atoms with Crippen molar-refractivity contribution in [2.75, 3.05) is 11.9 Å². The number of carbonyl (C=O) groups is 3. The highest BCUT2D eigenvalue weighted by atomic mass is 19.1. The number of halogens is 1. The van der Waals surface area contributed by atoms with Crippen LogP contribution in [-0.4, -0.2) is 29.2 Å². The van der Waals surface area contributed by atoms with Gasteiger partial charge < -0.3 is 5.32 Å². The number of likely N-dealkylation sites (tertiary alicyclic amines) is 1. The first-order valence-electron chi connectivity index (χ1n) is 8.03. The molecule has 24 heavy (non-hydrogen) atoms. The predicted molar refractivity (Wildman–Crippen MR) is 86.5 cm³/mol. The van der Waals surface area contributed by atoms with Crippen molar-refractivity contribution < 1.29 is 18.8 Å². The predicted octanol–water partition coefficient (Wildman–Crippen LogP) is 2.41. The first kappa shape index (κ1) is 16.4. The number of carbonyl (C=O) groups excluding carboxylic acids is 3. The van der Waals surface area contributed by atoms with Gasteiger partial charge in [0.1, 0.15) is 5.82 Å². The number of nitrogens with one attached hydrogen (secondary N) is 1. The van der Waals surface area contributed by atoms with E-state index in [1.54, 1.807) is 13.0 Å². The molecular weight excluding hydrogens is 311 g/mol. The van der Waals surface area contributed by atoms with Crippen LogP contribution in [0.25, 0.3) is 0 Å². The minimum atomic E-state index is -0.433. The second-order valence-electron chi connectivity index (χ2n) is 6.24. The van der Waals surface area contributed by atoms with Crippen molar-refractivity contribution in [2.24, 2.45) is 11.8 Å². The summed E-state index contributed by atoms with van der Waals surface area (Å²) in [6.07, 6.45) is 5.02. The van der Waals surface area contributed by atoms with Gasteiger partial charge in [-0.3, -0.25) is 19.3 Å². The summed E-state index contributed by atoms with van der Waals surface area (Å²) in [7, 11) is 0. The third kappa shape index (κ3) is 3.09. The Morgan fingerprint density at radius 2 is 1.83 bits per heavy atom. The number of rotatable bonds is 4. The summed E-state index contributed by atoms with van der Waals surface area (Å²) in [5, 5.41) is 2.63. The van der Waals surface area contributed by atoms with Crippen molar-refractivity contribution in [1.82, 2.24) is 4.90 Å². The Bertz CT molecular complexity index is 703. The van der Waals surface area contributed by atoms with E-state index in [0.717, 1.165) is 5.56 Å². The van der Waals surface area contributed by atoms with Crippen molar-refractivity contribution in [2.45, 2.75) is 26.2 Å². The molecule has 1 aromatic carbocycles. The molecule has 2 aliphatic rings. The number of allylic oxidation sites excluding steroid dienone is 2. The van der Waals surface area contributed by atoms with E-state index in [0.29, 0.717) is 18.5 Å². The highest BCUT2D eigenvalue weighted by molar-refractivity contribution is 6.05. The highest BCUT2D eigenvalue weighted by Crippen LogP contribution is 2.35. The van der Waals surface area contributed by atoms with Gasteiger partial charge in [0.25, 0.3) is 0 Å². The summed E-state index contributed by atoms with van der Waals surface area (Å²) in [5.74, 6) is -1.73. The lowest BCUT2D eigenvalue weighted by Crippen LogP contribution is -2.34. The maximum atomic E-state index is 13.2. The summed E-state index contributed by atoms with van der Waals surface area (Å²) in [6, 6.07) is 4.15. The molecule has 3 amide bonds. The number of hydrogen-bond acceptors (Lipinski definition) is 3. The number of benzene rings is 1. The number of imide groups is 1. The lowest BCUT2D eigenvalue weighted by Gasteiger charge is -2.15. The Balaban J connectivity index is 1.59. The van der Waals surface area contributed by atoms with Crippen LogP contribution in [0.3, 0.4) is 0 Å². The van der Waals surface area contributed by atoms with Gasteiger partial charge >= 0.3 is 0 Å². The number of nitrogens with zero attached hydrogens (tertiary/aromatic N) is 1. The van der Waals surface area contributed by atoms with E-state index in [-0.39, 0.29) is 42.5 Å². The largest absolute Gasteiger partial charge is 0.326 e. The van der Waals surface area contributed by atoms with E-state index in [1.165, 1.54) is 17.0 Å². The van der Waals surface area contributed by atoms with Crippen molar-refractivity contribution in [1.29, 1.82) is 0 Å². The standard InChI is InChI=1S/C18H19FN2O3/c1-11-6-7-12(19)10-15(11)20-16(22)8-9-21-17(23)13-4-2-3-5-14(13)18(21)24/h2-3,6-7,10,13-14H,4-5,8-9H2,1H3,(H,20,22)/t13-,14-/m0/s1. The average Bonchev–Trinajstić information content (AvgIpc) is 2.81. The summed E-state index contributed by atoms with van der Waals surface area (Å²) >= 11 is 0. The van der Waals surface area contributed by atoms with Gasteiger partial charge in [-0.2, -0.15) is 0 Å². The topological polar surface area (TPSA) is 66.5 Å². The van der Waals surface area contributed by atoms with Crippen LogP contribution in [-0.2, 0) is 14.4 Å². The van der Waals surface area contributed by atoms with Gasteiger partial charge in [0.2, 0.25) is 17.7 Å². The summed E-state index contributed by atoms with van der Waals surface area (Å²) < 4.78 is 13.2. The van der Waals surface area contributed by atoms with Crippen LogP contribution in [0.1, 0.15) is 24.8 Å². The molecule has 1 aromatic rings. The molecule has 1 aliphatic heterocycles. The summed E-state index contributed by atoms with van der Waals surface area (Å²) in [6.45, 7) is 1.82. The van der Waals surface area contributed by atoms with Gasteiger partial charge in [-0.25, -0.2) is 4.39 Å². The highest BCUT2D eigenvalue weighted by Gasteiger charge is 2.46. The average molecular weight is 330 g/mol. The van der Waals surface area contributed by atoms with Gasteiger partial charge in [-0.15, -0.1) is 0 Å². The molecule has 1 N–H and O–H groups in total. The second-order valence-corrected chi connectivity index (χ2v) is 6.24. The number of amides is 3. The number of hydrogen-bond donors (Lipinski definition) is 1. The third-order valence-electron chi connectivity index (χ3n) is 4.64. The smallest absolute Gasteiger partial charge is 0.233 e. The molecular formula is C18H19FN2O3. The van der Waals surface area contributed by atoms with Gasteiger partial charge in [0.15, 0.2) is 0 Å². The molecule has 0 bridgehead atoms. The molecule has 6 heteroatoms. The van der Waals surface area contributed by atoms with Crippen LogP contribution in [0.4, 0.5) is 10.1 Å².